The number of aromatic nitrogens is 1. The van der Waals surface area contributed by atoms with Gasteiger partial charge < -0.3 is 61.9 Å². The molecule has 0 radical (unpaired) electrons. The van der Waals surface area contributed by atoms with Crippen molar-refractivity contribution in [1.82, 2.24) is 52.7 Å². The average Bonchev–Trinajstić information content (AvgIpc) is 3.97. The molecule has 2 aromatic carbocycles. The maximum atomic E-state index is 14.5. The second kappa shape index (κ2) is 26.5. The Morgan fingerprint density at radius 2 is 1.39 bits per heavy atom. The summed E-state index contributed by atoms with van der Waals surface area (Å²) in [5, 5.41) is 43.5. The first-order valence-electron chi connectivity index (χ1n) is 23.7. The number of aliphatic imine (C=N–C) groups is 1. The van der Waals surface area contributed by atoms with Crippen LogP contribution >= 0.6 is 0 Å². The van der Waals surface area contributed by atoms with Crippen molar-refractivity contribution in [2.45, 2.75) is 134 Å². The van der Waals surface area contributed by atoms with Gasteiger partial charge in [0.2, 0.25) is 29.5 Å². The molecule has 1 aromatic heterocycles. The van der Waals surface area contributed by atoms with Gasteiger partial charge in [0.1, 0.15) is 53.2 Å². The largest absolute Gasteiger partial charge is 0.508 e. The van der Waals surface area contributed by atoms with Gasteiger partial charge in [-0.05, 0) is 103 Å². The Hall–Kier alpha value is -8.23. The average molecular weight is 1040 g/mol. The number of H-pyrrole nitrogens is 1. The zero-order valence-electron chi connectivity index (χ0n) is 42.2. The highest BCUT2D eigenvalue weighted by molar-refractivity contribution is 5.97. The molecular weight excluding hydrogens is 971 g/mol. The Morgan fingerprint density at radius 3 is 2.03 bits per heavy atom. The molecule has 2 heterocycles. The number of nitrogens with one attached hydrogen (secondary N) is 9. The molecule has 0 saturated carbocycles. The first kappa shape index (κ1) is 58.3. The number of hydrogen-bond acceptors (Lipinski definition) is 15. The molecule has 0 spiro atoms. The predicted molar refractivity (Wildman–Crippen MR) is 266 cm³/mol. The molecule has 0 aliphatic carbocycles. The molecule has 1 saturated heterocycles. The van der Waals surface area contributed by atoms with Crippen molar-refractivity contribution in [3.05, 3.63) is 76.0 Å². The van der Waals surface area contributed by atoms with Gasteiger partial charge in [-0.25, -0.2) is 30.1 Å². The maximum Gasteiger partial charge on any atom is 0.426 e. The number of hydrazine groups is 2. The molecule has 6 atom stereocenters. The van der Waals surface area contributed by atoms with E-state index in [2.05, 4.69) is 47.4 Å². The summed E-state index contributed by atoms with van der Waals surface area (Å²) in [4.78, 5) is 128. The first-order chi connectivity index (χ1) is 34.7. The summed E-state index contributed by atoms with van der Waals surface area (Å²) in [6.45, 7) is 10.1. The molecule has 74 heavy (non-hydrogen) atoms. The molecule has 27 heteroatoms. The normalized spacial score (nSPS) is 15.8. The number of ether oxygens (including phenoxy) is 2. The number of hydrogen-bond donors (Lipinski definition) is 12. The molecule has 0 unspecified atom stereocenters. The van der Waals surface area contributed by atoms with E-state index in [0.717, 1.165) is 0 Å². The third-order valence-electron chi connectivity index (χ3n) is 11.0. The second-order valence-electron chi connectivity index (χ2n) is 19.3. The number of nitro groups is 1. The first-order valence-corrected chi connectivity index (χ1v) is 23.7. The van der Waals surface area contributed by atoms with E-state index in [-0.39, 0.29) is 50.9 Å². The third kappa shape index (κ3) is 18.7. The van der Waals surface area contributed by atoms with Crippen molar-refractivity contribution in [2.75, 3.05) is 19.7 Å². The van der Waals surface area contributed by atoms with E-state index in [1.54, 1.807) is 77.4 Å². The molecule has 13 N–H and O–H groups in total. The Kier molecular flexibility index (Phi) is 20.9. The fraction of sp³-hybridized carbons (Fsp3) is 0.511. The van der Waals surface area contributed by atoms with Gasteiger partial charge in [0.15, 0.2) is 5.03 Å². The number of phenolic OH excluding ortho intramolecular Hbond substituents is 1. The number of amides is 8. The van der Waals surface area contributed by atoms with Crippen LogP contribution in [0.25, 0.3) is 10.9 Å². The van der Waals surface area contributed by atoms with E-state index in [1.165, 1.54) is 36.1 Å². The summed E-state index contributed by atoms with van der Waals surface area (Å²) in [5.41, 5.74) is 11.6. The van der Waals surface area contributed by atoms with E-state index < -0.39 is 113 Å². The summed E-state index contributed by atoms with van der Waals surface area (Å²) in [6.07, 6.45) is -0.353. The van der Waals surface area contributed by atoms with Gasteiger partial charge in [-0.3, -0.25) is 34.2 Å². The van der Waals surface area contributed by atoms with Crippen LogP contribution in [0, 0.1) is 10.1 Å². The number of aromatic amines is 1. The van der Waals surface area contributed by atoms with Crippen LogP contribution in [0.15, 0.2) is 59.7 Å². The van der Waals surface area contributed by atoms with Crippen molar-refractivity contribution >= 4 is 64.5 Å². The van der Waals surface area contributed by atoms with Crippen molar-refractivity contribution < 1.29 is 63.1 Å². The van der Waals surface area contributed by atoms with Crippen molar-refractivity contribution in [3.63, 3.8) is 0 Å². The Bertz CT molecular complexity index is 2520. The highest BCUT2D eigenvalue weighted by Gasteiger charge is 2.38. The molecule has 4 rings (SSSR count). The summed E-state index contributed by atoms with van der Waals surface area (Å²) in [7, 11) is 0. The van der Waals surface area contributed by atoms with Crippen LogP contribution in [0.2, 0.25) is 0 Å². The van der Waals surface area contributed by atoms with Crippen LogP contribution in [-0.2, 0) is 51.1 Å². The van der Waals surface area contributed by atoms with Gasteiger partial charge in [-0.1, -0.05) is 35.8 Å². The smallest absolute Gasteiger partial charge is 0.426 e. The lowest BCUT2D eigenvalue weighted by molar-refractivity contribution is -0.525. The second-order valence-corrected chi connectivity index (χ2v) is 19.3. The van der Waals surface area contributed by atoms with Crippen molar-refractivity contribution in [1.29, 1.82) is 0 Å². The van der Waals surface area contributed by atoms with Crippen LogP contribution in [-0.4, -0.2) is 146 Å². The minimum Gasteiger partial charge on any atom is -0.508 e. The number of phenols is 1. The number of guanidine groups is 1. The van der Waals surface area contributed by atoms with Crippen LogP contribution in [0.4, 0.5) is 9.59 Å². The van der Waals surface area contributed by atoms with Crippen LogP contribution in [0.1, 0.15) is 85.3 Å². The number of nitrogens with zero attached hydrogens (tertiary/aromatic N) is 3. The summed E-state index contributed by atoms with van der Waals surface area (Å²) >= 11 is 0. The lowest BCUT2D eigenvalue weighted by Gasteiger charge is -2.29. The van der Waals surface area contributed by atoms with E-state index >= 15 is 0 Å². The highest BCUT2D eigenvalue weighted by Crippen LogP contribution is 2.21. The number of likely N-dealkylation sites (tertiary alicyclic amines) is 1. The lowest BCUT2D eigenvalue weighted by atomic mass is 10.0. The molecule has 1 aliphatic heterocycles. The van der Waals surface area contributed by atoms with Gasteiger partial charge in [-0.15, -0.1) is 0 Å². The molecule has 27 nitrogen and oxygen atoms in total. The van der Waals surface area contributed by atoms with Crippen molar-refractivity contribution in [3.8, 4) is 5.75 Å². The minimum absolute atomic E-state index is 0.0391. The molecule has 404 valence electrons. The predicted octanol–water partition coefficient (Wildman–Crippen LogP) is -0.0735. The number of aliphatic hydroxyl groups excluding tert-OH is 1. The van der Waals surface area contributed by atoms with Gasteiger partial charge in [-0.2, -0.15) is 0 Å². The van der Waals surface area contributed by atoms with Gasteiger partial charge in [0, 0.05) is 43.0 Å². The fourth-order valence-corrected chi connectivity index (χ4v) is 7.59. The molecule has 3 aromatic rings. The molecule has 0 bridgehead atoms. The number of fused-ring (bicyclic) bond motifs is 1. The highest BCUT2D eigenvalue weighted by atomic mass is 16.7. The van der Waals surface area contributed by atoms with Gasteiger partial charge >= 0.3 is 12.2 Å². The van der Waals surface area contributed by atoms with E-state index in [0.29, 0.717) is 28.5 Å². The third-order valence-corrected chi connectivity index (χ3v) is 11.0. The van der Waals surface area contributed by atoms with Crippen LogP contribution < -0.4 is 48.6 Å². The quantitative estimate of drug-likeness (QED) is 0.0218. The topological polar surface area (TPSA) is 392 Å². The zero-order chi connectivity index (χ0) is 54.9. The number of carbonyl (C=O) groups excluding carboxylic acids is 8. The molecule has 1 fully saturated rings. The number of rotatable bonds is 21. The van der Waals surface area contributed by atoms with E-state index in [1.807, 2.05) is 0 Å². The fourth-order valence-electron chi connectivity index (χ4n) is 7.59. The molecule has 8 amide bonds. The number of aromatic hydroxyl groups is 1. The summed E-state index contributed by atoms with van der Waals surface area (Å²) in [5.74, 6) is -5.74. The van der Waals surface area contributed by atoms with Crippen molar-refractivity contribution in [2.24, 2.45) is 10.7 Å². The zero-order valence-corrected chi connectivity index (χ0v) is 42.2. The number of alkyl carbamates (subject to hydrolysis) is 1. The molecule has 1 aliphatic rings. The standard InChI is InChI=1S/C47H67N13O14/c1-26(42(68)59-21-11-15-36(59)41(67)56-57-45(70)74-47(5,6)7)51-38(64)33(22-27-16-18-29(62)19-17-27)53-37(63)32(14-10-20-49-43(48)58-60(71)72)52-39(65)34(23-28-24-50-31-13-9-8-12-30(28)31)54-40(66)35(25-61)55-44(69)73-46(2,3)4/h8-9,12-13,16-19,24,26,32-36,50,61-62H,10-11,14-15,20-23,25H2,1-7H3,(H,51,64)(H,52,65)(H,53,63)(H,54,66)(H,55,69)(H,56,67)(H,57,70)(H3,48,49,58)/t26-,32+,33+,34+,35+,36+/m1/s1. The van der Waals surface area contributed by atoms with Gasteiger partial charge in [0.05, 0.1) is 6.61 Å². The Morgan fingerprint density at radius 1 is 0.811 bits per heavy atom. The molecular formula is C47H67N13O14. The van der Waals surface area contributed by atoms with E-state index in [4.69, 9.17) is 15.2 Å². The number of carbonyl (C=O) groups is 8. The SMILES string of the molecule is C[C@@H](NC(=O)[C@H](Cc1ccc(O)cc1)NC(=O)[C@H](CCCN=C(N)N[N+](=O)[O-])NC(=O)[C@H](Cc1c[nH]c2ccccc12)NC(=O)[C@H](CO)NC(=O)OC(C)(C)C)C(=O)N1CCC[C@H]1C(=O)NNC(=O)OC(C)(C)C. The number of aliphatic hydroxyl groups is 1. The number of para-hydroxylation sites is 1. The Labute approximate surface area is 426 Å². The summed E-state index contributed by atoms with van der Waals surface area (Å²) < 4.78 is 10.4. The monoisotopic (exact) mass is 1040 g/mol. The minimum atomic E-state index is -1.60. The van der Waals surface area contributed by atoms with Gasteiger partial charge in [0.25, 0.3) is 11.9 Å². The maximum absolute atomic E-state index is 14.5. The van der Waals surface area contributed by atoms with E-state index in [9.17, 15) is 58.7 Å². The Balaban J connectivity index is 1.62. The van der Waals surface area contributed by atoms with Crippen LogP contribution in [0.5, 0.6) is 5.75 Å². The van der Waals surface area contributed by atoms with Crippen LogP contribution in [0.3, 0.4) is 0 Å². The number of nitrogens with two attached hydrogens (primary N) is 1. The summed E-state index contributed by atoms with van der Waals surface area (Å²) in [6, 6.07) is 4.41. The number of benzene rings is 2. The lowest BCUT2D eigenvalue weighted by Crippen LogP contribution is -2.60.